The van der Waals surface area contributed by atoms with Crippen LogP contribution in [0.4, 0.5) is 20.7 Å². The molecule has 72 heavy (non-hydrogen) atoms. The second-order valence-corrected chi connectivity index (χ2v) is 20.0. The number of benzene rings is 2. The minimum absolute atomic E-state index is 0.0166. The fourth-order valence-corrected chi connectivity index (χ4v) is 10.8. The Kier molecular flexibility index (Phi) is 15.5. The molecule has 0 atom stereocenters. The number of hydrogen-bond acceptors (Lipinski definition) is 13. The number of nitrogens with one attached hydrogen (secondary N) is 4. The number of Topliss-reactive ketones (excluding diaryl/α,β-unsaturated/α-hetero) is 1. The molecule has 5 aliphatic carbocycles. The Labute approximate surface area is 417 Å². The van der Waals surface area contributed by atoms with Crippen molar-refractivity contribution in [2.45, 2.75) is 135 Å². The van der Waals surface area contributed by atoms with Gasteiger partial charge < -0.3 is 25.6 Å². The smallest absolute Gasteiger partial charge is 0.320 e. The van der Waals surface area contributed by atoms with Crippen molar-refractivity contribution in [3.63, 3.8) is 0 Å². The maximum Gasteiger partial charge on any atom is 0.320 e. The first-order valence-corrected chi connectivity index (χ1v) is 25.3. The van der Waals surface area contributed by atoms with Gasteiger partial charge in [-0.05, 0) is 130 Å². The molecule has 4 N–H and O–H groups in total. The highest BCUT2D eigenvalue weighted by Gasteiger charge is 2.51. The van der Waals surface area contributed by atoms with Gasteiger partial charge in [0.05, 0.1) is 12.2 Å². The van der Waals surface area contributed by atoms with Gasteiger partial charge in [-0.15, -0.1) is 10.2 Å². The number of tetrazole rings is 1. The molecule has 5 fully saturated rings. The van der Waals surface area contributed by atoms with Gasteiger partial charge in [0.2, 0.25) is 5.82 Å². The molecule has 20 heteroatoms. The summed E-state index contributed by atoms with van der Waals surface area (Å²) < 4.78 is 18.7. The molecule has 5 amide bonds. The van der Waals surface area contributed by atoms with Gasteiger partial charge in [-0.3, -0.25) is 24.5 Å². The monoisotopic (exact) mass is 983 g/mol. The van der Waals surface area contributed by atoms with Crippen LogP contribution in [0.15, 0.2) is 67.3 Å². The van der Waals surface area contributed by atoms with E-state index in [4.69, 9.17) is 4.74 Å². The number of ketones is 1. The van der Waals surface area contributed by atoms with Gasteiger partial charge in [-0.1, -0.05) is 56.7 Å². The molecule has 19 nitrogen and oxygen atoms in total. The van der Waals surface area contributed by atoms with E-state index < -0.39 is 11.9 Å². The molecule has 3 aromatic heterocycles. The van der Waals surface area contributed by atoms with Crippen LogP contribution in [-0.2, 0) is 29.2 Å². The number of aromatic nitrogens is 8. The van der Waals surface area contributed by atoms with Crippen LogP contribution in [0.2, 0.25) is 0 Å². The van der Waals surface area contributed by atoms with E-state index >= 15 is 0 Å². The molecular weight excluding hydrogens is 922 g/mol. The van der Waals surface area contributed by atoms with Crippen LogP contribution in [0, 0.1) is 23.1 Å². The zero-order chi connectivity index (χ0) is 50.1. The normalized spacial score (nSPS) is 20.8. The SMILES string of the molecule is CC(=O)C12CCC(NC(=O)Nc3cc(C(=O)NCc4ccc(F)cc4)ncn3)(CC1)CC2.O=C(NCc1ccc2c(c1)N(CC1CCCCC1)C(=O)CO2)c1cc(-c2nnn(CC3CCCCC3)n2)ncn1. The molecule has 378 valence electrons. The summed E-state index contributed by atoms with van der Waals surface area (Å²) in [5, 5.41) is 24.2. The van der Waals surface area contributed by atoms with E-state index in [2.05, 4.69) is 56.6 Å². The molecular formula is C52H62FN13O6. The molecule has 6 aliphatic rings. The summed E-state index contributed by atoms with van der Waals surface area (Å²) in [5.41, 5.74) is 2.69. The van der Waals surface area contributed by atoms with Crippen molar-refractivity contribution in [1.29, 1.82) is 0 Å². The predicted molar refractivity (Wildman–Crippen MR) is 263 cm³/mol. The summed E-state index contributed by atoms with van der Waals surface area (Å²) in [6, 6.07) is 14.1. The average molecular weight is 984 g/mol. The van der Waals surface area contributed by atoms with Crippen molar-refractivity contribution in [2.75, 3.05) is 23.4 Å². The van der Waals surface area contributed by atoms with Gasteiger partial charge in [0.25, 0.3) is 17.7 Å². The highest BCUT2D eigenvalue weighted by molar-refractivity contribution is 5.98. The van der Waals surface area contributed by atoms with Crippen molar-refractivity contribution < 1.29 is 33.1 Å². The number of hydrogen-bond donors (Lipinski definition) is 4. The number of fused-ring (bicyclic) bond motifs is 4. The zero-order valence-electron chi connectivity index (χ0n) is 40.7. The maximum absolute atomic E-state index is 13.0. The molecule has 0 spiro atoms. The Morgan fingerprint density at radius 1 is 0.722 bits per heavy atom. The first kappa shape index (κ1) is 49.7. The van der Waals surface area contributed by atoms with Gasteiger partial charge in [-0.25, -0.2) is 29.1 Å². The molecule has 0 saturated heterocycles. The lowest BCUT2D eigenvalue weighted by atomic mass is 9.56. The fourth-order valence-electron chi connectivity index (χ4n) is 10.8. The van der Waals surface area contributed by atoms with Gasteiger partial charge in [0.1, 0.15) is 52.9 Å². The summed E-state index contributed by atoms with van der Waals surface area (Å²) in [6.07, 6.45) is 19.5. The summed E-state index contributed by atoms with van der Waals surface area (Å²) in [5.74, 6) is 1.52. The summed E-state index contributed by atoms with van der Waals surface area (Å²) >= 11 is 0. The molecule has 4 heterocycles. The highest BCUT2D eigenvalue weighted by atomic mass is 19.1. The topological polar surface area (TPSA) is 241 Å². The zero-order valence-corrected chi connectivity index (χ0v) is 40.7. The molecule has 2 aromatic carbocycles. The third-order valence-electron chi connectivity index (χ3n) is 15.2. The van der Waals surface area contributed by atoms with E-state index in [0.29, 0.717) is 35.6 Å². The number of urea groups is 1. The minimum Gasteiger partial charge on any atom is -0.482 e. The lowest BCUT2D eigenvalue weighted by Crippen LogP contribution is -2.58. The lowest BCUT2D eigenvalue weighted by Gasteiger charge is -2.52. The second kappa shape index (κ2) is 22.4. The van der Waals surface area contributed by atoms with E-state index in [9.17, 15) is 28.4 Å². The minimum atomic E-state index is -0.432. The number of carbonyl (C=O) groups is 5. The third-order valence-corrected chi connectivity index (χ3v) is 15.2. The van der Waals surface area contributed by atoms with Gasteiger partial charge >= 0.3 is 6.03 Å². The lowest BCUT2D eigenvalue weighted by molar-refractivity contribution is -0.133. The Morgan fingerprint density at radius 3 is 2.00 bits per heavy atom. The quantitative estimate of drug-likeness (QED) is 0.0855. The third kappa shape index (κ3) is 12.3. The molecule has 11 rings (SSSR count). The van der Waals surface area contributed by atoms with Crippen molar-refractivity contribution in [3.8, 4) is 17.3 Å². The Morgan fingerprint density at radius 2 is 1.33 bits per heavy atom. The van der Waals surface area contributed by atoms with Crippen molar-refractivity contribution in [3.05, 3.63) is 95.6 Å². The largest absolute Gasteiger partial charge is 0.482 e. The number of carbonyl (C=O) groups excluding carboxylic acids is 5. The molecule has 2 bridgehead atoms. The highest BCUT2D eigenvalue weighted by Crippen LogP contribution is 2.52. The molecule has 1 aliphatic heterocycles. The van der Waals surface area contributed by atoms with E-state index in [1.165, 1.54) is 82.2 Å². The first-order chi connectivity index (χ1) is 34.9. The number of amides is 5. The molecule has 0 radical (unpaired) electrons. The number of halogens is 1. The fraction of sp³-hybridized carbons (Fsp3) is 0.500. The second-order valence-electron chi connectivity index (χ2n) is 20.0. The van der Waals surface area contributed by atoms with Crippen LogP contribution >= 0.6 is 0 Å². The van der Waals surface area contributed by atoms with Crippen LogP contribution < -0.4 is 30.9 Å². The van der Waals surface area contributed by atoms with Crippen LogP contribution in [0.25, 0.3) is 11.5 Å². The van der Waals surface area contributed by atoms with Crippen molar-refractivity contribution in [1.82, 2.24) is 56.1 Å². The van der Waals surface area contributed by atoms with Gasteiger partial charge in [0.15, 0.2) is 6.61 Å². The van der Waals surface area contributed by atoms with E-state index in [1.54, 1.807) is 29.9 Å². The Bertz CT molecular complexity index is 2730. The van der Waals surface area contributed by atoms with Gasteiger partial charge in [-0.2, -0.15) is 4.80 Å². The van der Waals surface area contributed by atoms with Crippen LogP contribution in [0.1, 0.15) is 142 Å². The Hall–Kier alpha value is -7.25. The first-order valence-electron chi connectivity index (χ1n) is 25.3. The summed E-state index contributed by atoms with van der Waals surface area (Å²) in [6.45, 7) is 3.70. The average Bonchev–Trinajstić information content (AvgIpc) is 3.88. The van der Waals surface area contributed by atoms with E-state index in [1.807, 2.05) is 23.1 Å². The Balaban J connectivity index is 0.000000182. The predicted octanol–water partition coefficient (Wildman–Crippen LogP) is 7.30. The van der Waals surface area contributed by atoms with E-state index in [-0.39, 0.29) is 71.3 Å². The van der Waals surface area contributed by atoms with Crippen LogP contribution in [0.5, 0.6) is 5.75 Å². The molecule has 0 unspecified atom stereocenters. The summed E-state index contributed by atoms with van der Waals surface area (Å²) in [4.78, 5) is 82.7. The van der Waals surface area contributed by atoms with Crippen LogP contribution in [0.3, 0.4) is 0 Å². The van der Waals surface area contributed by atoms with E-state index in [0.717, 1.165) is 74.7 Å². The standard InChI is InChI=1S/C29H36N8O3.C23H26FN5O3/c38-27-18-40-26-12-11-22(13-25(26)36(27)16-20-7-3-1-4-8-20)15-30-29(39)24-14-23(31-19-32-24)28-33-35-37(34-28)17-21-9-5-2-6-10-21;1-15(30)22-6-9-23(10-7-22,11-8-22)29-21(32)28-19-12-18(26-14-27-19)20(31)25-13-16-2-4-17(24)5-3-16/h11-14,19-21H,1-10,15-18H2,(H,30,39);2-5,12,14H,6-11,13H2,1H3,(H,25,31)(H2,26,27,28,29,32). The number of anilines is 2. The van der Waals surface area contributed by atoms with Crippen LogP contribution in [-0.4, -0.2) is 88.4 Å². The maximum atomic E-state index is 13.0. The number of nitrogens with zero attached hydrogens (tertiary/aromatic N) is 9. The van der Waals surface area contributed by atoms with Crippen molar-refractivity contribution in [2.24, 2.45) is 17.3 Å². The molecule has 5 saturated carbocycles. The summed E-state index contributed by atoms with van der Waals surface area (Å²) in [7, 11) is 0. The number of rotatable bonds is 14. The van der Waals surface area contributed by atoms with Crippen molar-refractivity contribution >= 4 is 41.0 Å². The molecule has 5 aromatic rings. The number of ether oxygens (including phenoxy) is 1. The van der Waals surface area contributed by atoms with Gasteiger partial charge in [0, 0.05) is 36.7 Å².